The third kappa shape index (κ3) is 3.84. The molecular weight excluding hydrogens is 352 g/mol. The maximum Gasteiger partial charge on any atom is 0.176 e. The minimum absolute atomic E-state index is 0.0998. The molecule has 6 heteroatoms. The third-order valence-electron chi connectivity index (χ3n) is 5.32. The van der Waals surface area contributed by atoms with E-state index in [0.717, 1.165) is 31.7 Å². The van der Waals surface area contributed by atoms with Gasteiger partial charge in [0.05, 0.1) is 23.9 Å². The molecule has 1 aromatic heterocycles. The molecule has 1 aliphatic carbocycles. The summed E-state index contributed by atoms with van der Waals surface area (Å²) in [7, 11) is 0. The summed E-state index contributed by atoms with van der Waals surface area (Å²) < 4.78 is 6.03. The fraction of sp³-hybridized carbons (Fsp3) is 0.400. The van der Waals surface area contributed by atoms with Gasteiger partial charge in [0.1, 0.15) is 11.5 Å². The second kappa shape index (κ2) is 7.25. The van der Waals surface area contributed by atoms with Crippen LogP contribution < -0.4 is 4.74 Å². The predicted molar refractivity (Wildman–Crippen MR) is 98.8 cm³/mol. The Kier molecular flexibility index (Phi) is 4.83. The number of aromatic hydroxyl groups is 1. The molecule has 0 radical (unpaired) electrons. The van der Waals surface area contributed by atoms with Crippen LogP contribution in [0.1, 0.15) is 23.2 Å². The van der Waals surface area contributed by atoms with Gasteiger partial charge in [-0.1, -0.05) is 11.6 Å². The topological polar surface area (TPSA) is 62.7 Å². The average Bonchev–Trinajstić information content (AvgIpc) is 3.13. The van der Waals surface area contributed by atoms with Crippen molar-refractivity contribution in [2.24, 2.45) is 11.8 Å². The van der Waals surface area contributed by atoms with Gasteiger partial charge in [0.15, 0.2) is 5.78 Å². The fourth-order valence-electron chi connectivity index (χ4n) is 4.16. The zero-order chi connectivity index (χ0) is 18.1. The van der Waals surface area contributed by atoms with Crippen LogP contribution in [0.5, 0.6) is 11.5 Å². The molecule has 1 N–H and O–H groups in total. The Morgan fingerprint density at radius 3 is 2.54 bits per heavy atom. The monoisotopic (exact) mass is 372 g/mol. The summed E-state index contributed by atoms with van der Waals surface area (Å²) in [6, 6.07) is 8.26. The van der Waals surface area contributed by atoms with E-state index in [4.69, 9.17) is 16.3 Å². The average molecular weight is 373 g/mol. The quantitative estimate of drug-likeness (QED) is 0.815. The molecule has 3 atom stereocenters. The first kappa shape index (κ1) is 17.3. The number of fused-ring (bicyclic) bond motifs is 1. The van der Waals surface area contributed by atoms with Gasteiger partial charge in [-0.25, -0.2) is 0 Å². The van der Waals surface area contributed by atoms with E-state index in [9.17, 15) is 9.90 Å². The van der Waals surface area contributed by atoms with Crippen LogP contribution in [0, 0.1) is 11.8 Å². The van der Waals surface area contributed by atoms with E-state index in [-0.39, 0.29) is 17.6 Å². The maximum atomic E-state index is 12.4. The highest BCUT2D eigenvalue weighted by Crippen LogP contribution is 2.39. The summed E-state index contributed by atoms with van der Waals surface area (Å²) in [6.07, 6.45) is 5.49. The zero-order valence-corrected chi connectivity index (χ0v) is 15.1. The van der Waals surface area contributed by atoms with Crippen LogP contribution in [-0.4, -0.2) is 46.5 Å². The van der Waals surface area contributed by atoms with Crippen LogP contribution in [0.4, 0.5) is 0 Å². The number of ketones is 1. The van der Waals surface area contributed by atoms with Gasteiger partial charge in [-0.15, -0.1) is 0 Å². The number of phenols is 1. The molecule has 136 valence electrons. The van der Waals surface area contributed by atoms with Gasteiger partial charge in [-0.2, -0.15) is 0 Å². The molecule has 2 heterocycles. The first-order valence-corrected chi connectivity index (χ1v) is 9.26. The lowest BCUT2D eigenvalue weighted by atomic mass is 10.0. The Hall–Kier alpha value is -2.11. The van der Waals surface area contributed by atoms with Crippen molar-refractivity contribution in [3.63, 3.8) is 0 Å². The van der Waals surface area contributed by atoms with Crippen LogP contribution in [0.2, 0.25) is 5.02 Å². The molecule has 1 aromatic carbocycles. The smallest absolute Gasteiger partial charge is 0.176 e. The maximum absolute atomic E-state index is 12.4. The van der Waals surface area contributed by atoms with Crippen LogP contribution in [0.3, 0.4) is 0 Å². The number of nitrogens with zero attached hydrogens (tertiary/aromatic N) is 2. The van der Waals surface area contributed by atoms with E-state index >= 15 is 0 Å². The molecule has 0 bridgehead atoms. The van der Waals surface area contributed by atoms with E-state index < -0.39 is 0 Å². The minimum Gasteiger partial charge on any atom is -0.508 e. The molecule has 26 heavy (non-hydrogen) atoms. The number of hydrogen-bond acceptors (Lipinski definition) is 5. The Balaban J connectivity index is 1.29. The number of ether oxygens (including phenoxy) is 1. The van der Waals surface area contributed by atoms with E-state index in [1.54, 1.807) is 42.7 Å². The summed E-state index contributed by atoms with van der Waals surface area (Å²) in [5.41, 5.74) is 0.648. The van der Waals surface area contributed by atoms with Crippen molar-refractivity contribution in [3.8, 4) is 11.5 Å². The normalized spacial score (nSPS) is 25.2. The molecule has 0 spiro atoms. The lowest BCUT2D eigenvalue weighted by Gasteiger charge is -2.19. The SMILES string of the molecule is O=C(CN1C[C@H]2C[C@H](Oc3cncc(Cl)c3)C[C@H]2C1)c1ccc(O)cc1. The highest BCUT2D eigenvalue weighted by molar-refractivity contribution is 6.30. The number of phenolic OH excluding ortho intramolecular Hbond substituents is 1. The van der Waals surface area contributed by atoms with Crippen molar-refractivity contribution < 1.29 is 14.6 Å². The zero-order valence-electron chi connectivity index (χ0n) is 14.3. The van der Waals surface area contributed by atoms with Crippen molar-refractivity contribution in [2.75, 3.05) is 19.6 Å². The highest BCUT2D eigenvalue weighted by atomic mass is 35.5. The number of carbonyl (C=O) groups excluding carboxylic acids is 1. The van der Waals surface area contributed by atoms with Crippen LogP contribution in [0.15, 0.2) is 42.7 Å². The van der Waals surface area contributed by atoms with Crippen molar-refractivity contribution in [3.05, 3.63) is 53.3 Å². The Labute approximate surface area is 157 Å². The van der Waals surface area contributed by atoms with Crippen LogP contribution >= 0.6 is 11.6 Å². The fourth-order valence-corrected chi connectivity index (χ4v) is 4.32. The minimum atomic E-state index is 0.0998. The third-order valence-corrected chi connectivity index (χ3v) is 5.53. The number of carbonyl (C=O) groups is 1. The van der Waals surface area contributed by atoms with Gasteiger partial charge in [0.2, 0.25) is 0 Å². The van der Waals surface area contributed by atoms with Crippen LogP contribution in [-0.2, 0) is 0 Å². The second-order valence-corrected chi connectivity index (χ2v) is 7.67. The summed E-state index contributed by atoms with van der Waals surface area (Å²) in [5, 5.41) is 9.92. The molecule has 1 aliphatic heterocycles. The van der Waals surface area contributed by atoms with Crippen molar-refractivity contribution in [2.45, 2.75) is 18.9 Å². The molecule has 2 fully saturated rings. The van der Waals surface area contributed by atoms with Gasteiger partial charge in [0, 0.05) is 30.9 Å². The largest absolute Gasteiger partial charge is 0.508 e. The van der Waals surface area contributed by atoms with E-state index in [1.807, 2.05) is 0 Å². The Bertz CT molecular complexity index is 782. The van der Waals surface area contributed by atoms with Crippen molar-refractivity contribution >= 4 is 17.4 Å². The summed E-state index contributed by atoms with van der Waals surface area (Å²) in [4.78, 5) is 18.7. The van der Waals surface area contributed by atoms with E-state index in [1.165, 1.54) is 0 Å². The molecule has 2 aliphatic rings. The molecular formula is C20H21ClN2O3. The number of rotatable bonds is 5. The molecule has 0 unspecified atom stereocenters. The molecule has 0 amide bonds. The number of benzene rings is 1. The summed E-state index contributed by atoms with van der Waals surface area (Å²) in [6.45, 7) is 2.30. The molecule has 5 nitrogen and oxygen atoms in total. The number of likely N-dealkylation sites (tertiary alicyclic amines) is 1. The summed E-state index contributed by atoms with van der Waals surface area (Å²) in [5.74, 6) is 2.14. The van der Waals surface area contributed by atoms with E-state index in [2.05, 4.69) is 9.88 Å². The number of hydrogen-bond donors (Lipinski definition) is 1. The Morgan fingerprint density at radius 1 is 1.19 bits per heavy atom. The van der Waals surface area contributed by atoms with Gasteiger partial charge in [0.25, 0.3) is 0 Å². The van der Waals surface area contributed by atoms with Gasteiger partial charge < -0.3 is 9.84 Å². The Morgan fingerprint density at radius 2 is 1.88 bits per heavy atom. The lowest BCUT2D eigenvalue weighted by molar-refractivity contribution is 0.0936. The highest BCUT2D eigenvalue weighted by Gasteiger charge is 2.42. The first-order valence-electron chi connectivity index (χ1n) is 8.88. The van der Waals surface area contributed by atoms with Gasteiger partial charge >= 0.3 is 0 Å². The molecule has 1 saturated carbocycles. The molecule has 2 aromatic rings. The van der Waals surface area contributed by atoms with Crippen molar-refractivity contribution in [1.29, 1.82) is 0 Å². The number of Topliss-reactive ketones (excluding diaryl/α,β-unsaturated/α-hetero) is 1. The number of halogens is 1. The predicted octanol–water partition coefficient (Wildman–Crippen LogP) is 3.41. The lowest BCUT2D eigenvalue weighted by Crippen LogP contribution is -2.30. The molecule has 4 rings (SSSR count). The van der Waals surface area contributed by atoms with Gasteiger partial charge in [-0.3, -0.25) is 14.7 Å². The number of pyridine rings is 1. The second-order valence-electron chi connectivity index (χ2n) is 7.23. The standard InChI is InChI=1S/C20H21ClN2O3/c21-16-7-19(9-22-8-16)26-18-5-14-10-23(11-15(14)6-18)12-20(25)13-1-3-17(24)4-2-13/h1-4,7-9,14-15,18,24H,5-6,10-12H2/t14-,15+,18+. The molecule has 1 saturated heterocycles. The van der Waals surface area contributed by atoms with Crippen molar-refractivity contribution in [1.82, 2.24) is 9.88 Å². The first-order chi connectivity index (χ1) is 12.6. The van der Waals surface area contributed by atoms with E-state index in [0.29, 0.717) is 29.0 Å². The van der Waals surface area contributed by atoms with Gasteiger partial charge in [-0.05, 0) is 48.9 Å². The van der Waals surface area contributed by atoms with Crippen LogP contribution in [0.25, 0.3) is 0 Å². The number of aromatic nitrogens is 1. The summed E-state index contributed by atoms with van der Waals surface area (Å²) >= 11 is 5.96.